The van der Waals surface area contributed by atoms with E-state index in [1.54, 1.807) is 48.5 Å². The lowest BCUT2D eigenvalue weighted by molar-refractivity contribution is -0.138. The Kier molecular flexibility index (Phi) is 16.6. The number of carbonyl (C=O) groups is 4. The fourth-order valence-electron chi connectivity index (χ4n) is 6.31. The number of aromatic hydroxyl groups is 2. The lowest BCUT2D eigenvalue weighted by Gasteiger charge is -2.10. The summed E-state index contributed by atoms with van der Waals surface area (Å²) in [5.41, 5.74) is 0.326. The number of rotatable bonds is 24. The Morgan fingerprint density at radius 3 is 1.33 bits per heavy atom. The monoisotopic (exact) mass is 821 g/mol. The molecular weight excluding hydrogens is 771 g/mol. The minimum atomic E-state index is -0.840. The minimum Gasteiger partial charge on any atom is -0.494 e. The molecule has 2 N–H and O–H groups in total. The van der Waals surface area contributed by atoms with E-state index in [9.17, 15) is 29.4 Å². The molecule has 1 heterocycles. The Hall–Kier alpha value is -6.76. The van der Waals surface area contributed by atoms with Crippen molar-refractivity contribution in [1.82, 2.24) is 4.57 Å². The van der Waals surface area contributed by atoms with Crippen LogP contribution < -0.4 is 18.9 Å². The van der Waals surface area contributed by atoms with Gasteiger partial charge in [-0.15, -0.1) is 0 Å². The van der Waals surface area contributed by atoms with Crippen molar-refractivity contribution in [3.05, 3.63) is 109 Å². The zero-order chi connectivity index (χ0) is 42.9. The standard InChI is InChI=1S/C47H51NO12/c1-4-23-48-44(51)42(59-46(53)36-17-15-34-30-38(21-19-32(34)28-36)55-24-11-7-9-13-26-57-40(49)5-2)43(45(48)52)60-47(54)37-18-16-35-31-39(22-20-33(35)29-37)56-25-12-8-10-14-27-58-41(50)6-3/h5-6,15-22,28-31,51-52H,2-4,7-14,23-27H2,1H3. The molecule has 0 unspecified atom stereocenters. The van der Waals surface area contributed by atoms with Gasteiger partial charge in [-0.25, -0.2) is 19.2 Å². The van der Waals surface area contributed by atoms with Gasteiger partial charge in [0.25, 0.3) is 0 Å². The van der Waals surface area contributed by atoms with Crippen LogP contribution in [0.5, 0.6) is 34.8 Å². The van der Waals surface area contributed by atoms with Gasteiger partial charge in [0.2, 0.25) is 23.3 Å². The molecule has 0 fully saturated rings. The average Bonchev–Trinajstić information content (AvgIpc) is 3.47. The van der Waals surface area contributed by atoms with Crippen molar-refractivity contribution in [3.63, 3.8) is 0 Å². The van der Waals surface area contributed by atoms with Crippen LogP contribution in [0, 0.1) is 0 Å². The molecule has 0 aliphatic rings. The number of esters is 4. The second-order valence-electron chi connectivity index (χ2n) is 14.0. The third-order valence-electron chi connectivity index (χ3n) is 9.49. The molecule has 0 aliphatic carbocycles. The van der Waals surface area contributed by atoms with Crippen molar-refractivity contribution >= 4 is 45.4 Å². The summed E-state index contributed by atoms with van der Waals surface area (Å²) < 4.78 is 34.1. The number of unbranched alkanes of at least 4 members (excludes halogenated alkanes) is 6. The van der Waals surface area contributed by atoms with E-state index in [0.717, 1.165) is 89.6 Å². The van der Waals surface area contributed by atoms with Crippen molar-refractivity contribution < 1.29 is 57.8 Å². The van der Waals surface area contributed by atoms with Crippen LogP contribution in [0.25, 0.3) is 21.5 Å². The Morgan fingerprint density at radius 1 is 0.550 bits per heavy atom. The molecule has 316 valence electrons. The van der Waals surface area contributed by atoms with Crippen LogP contribution in [0.2, 0.25) is 0 Å². The molecule has 0 saturated heterocycles. The van der Waals surface area contributed by atoms with Gasteiger partial charge in [-0.3, -0.25) is 4.57 Å². The second kappa shape index (κ2) is 22.4. The molecule has 1 aromatic heterocycles. The Bertz CT molecular complexity index is 2150. The van der Waals surface area contributed by atoms with E-state index in [1.165, 1.54) is 0 Å². The van der Waals surface area contributed by atoms with Crippen LogP contribution in [-0.4, -0.2) is 65.1 Å². The quantitative estimate of drug-likeness (QED) is 0.0344. The highest BCUT2D eigenvalue weighted by atomic mass is 16.6. The van der Waals surface area contributed by atoms with Gasteiger partial charge in [-0.2, -0.15) is 0 Å². The maximum absolute atomic E-state index is 13.5. The van der Waals surface area contributed by atoms with E-state index in [0.29, 0.717) is 44.3 Å². The predicted molar refractivity (Wildman–Crippen MR) is 226 cm³/mol. The van der Waals surface area contributed by atoms with Crippen molar-refractivity contribution in [3.8, 4) is 34.8 Å². The number of aromatic nitrogens is 1. The third-order valence-corrected chi connectivity index (χ3v) is 9.49. The number of nitrogens with zero attached hydrogens (tertiary/aromatic N) is 1. The summed E-state index contributed by atoms with van der Waals surface area (Å²) in [6.07, 6.45) is 9.66. The number of carbonyl (C=O) groups excluding carboxylic acids is 4. The zero-order valence-electron chi connectivity index (χ0n) is 33.8. The summed E-state index contributed by atoms with van der Waals surface area (Å²) in [7, 11) is 0. The van der Waals surface area contributed by atoms with Gasteiger partial charge in [0.1, 0.15) is 11.5 Å². The smallest absolute Gasteiger partial charge is 0.343 e. The highest BCUT2D eigenvalue weighted by Gasteiger charge is 2.30. The van der Waals surface area contributed by atoms with E-state index in [2.05, 4.69) is 13.2 Å². The number of hydrogen-bond donors (Lipinski definition) is 2. The van der Waals surface area contributed by atoms with Crippen LogP contribution in [0.4, 0.5) is 0 Å². The molecule has 0 bridgehead atoms. The van der Waals surface area contributed by atoms with Gasteiger partial charge in [0, 0.05) is 18.7 Å². The Morgan fingerprint density at radius 2 is 0.933 bits per heavy atom. The molecular formula is C47H51NO12. The van der Waals surface area contributed by atoms with Crippen molar-refractivity contribution in [2.75, 3.05) is 26.4 Å². The molecule has 13 nitrogen and oxygen atoms in total. The van der Waals surface area contributed by atoms with E-state index >= 15 is 0 Å². The fourth-order valence-corrected chi connectivity index (χ4v) is 6.31. The number of hydrogen-bond acceptors (Lipinski definition) is 12. The topological polar surface area (TPSA) is 169 Å². The van der Waals surface area contributed by atoms with E-state index in [4.69, 9.17) is 28.4 Å². The summed E-state index contributed by atoms with van der Waals surface area (Å²) >= 11 is 0. The SMILES string of the molecule is C=CC(=O)OCCCCCCOc1ccc2cc(C(=O)Oc3c(OC(=O)c4ccc5cc(OCCCCCCOC(=O)C=C)ccc5c4)c(O)n(CCC)c3O)ccc2c1. The van der Waals surface area contributed by atoms with Gasteiger partial charge in [0.05, 0.1) is 37.6 Å². The van der Waals surface area contributed by atoms with Gasteiger partial charge in [0.15, 0.2) is 0 Å². The van der Waals surface area contributed by atoms with Crippen LogP contribution in [0.15, 0.2) is 98.1 Å². The van der Waals surface area contributed by atoms with Crippen LogP contribution >= 0.6 is 0 Å². The van der Waals surface area contributed by atoms with Gasteiger partial charge < -0.3 is 38.6 Å². The first-order valence-electron chi connectivity index (χ1n) is 20.1. The van der Waals surface area contributed by atoms with E-state index < -0.39 is 47.1 Å². The predicted octanol–water partition coefficient (Wildman–Crippen LogP) is 9.39. The molecule has 13 heteroatoms. The molecule has 60 heavy (non-hydrogen) atoms. The van der Waals surface area contributed by atoms with Gasteiger partial charge in [-0.05, 0) is 128 Å². The summed E-state index contributed by atoms with van der Waals surface area (Å²) in [5.74, 6) is -3.27. The number of ether oxygens (including phenoxy) is 6. The first-order valence-corrected chi connectivity index (χ1v) is 20.1. The molecule has 0 spiro atoms. The summed E-state index contributed by atoms with van der Waals surface area (Å²) in [6.45, 7) is 10.5. The van der Waals surface area contributed by atoms with Crippen LogP contribution in [0.1, 0.15) is 85.4 Å². The van der Waals surface area contributed by atoms with Gasteiger partial charge in [-0.1, -0.05) is 44.3 Å². The fraction of sp³-hybridized carbons (Fsp3) is 0.319. The van der Waals surface area contributed by atoms with Crippen molar-refractivity contribution in [1.29, 1.82) is 0 Å². The maximum Gasteiger partial charge on any atom is 0.343 e. The lowest BCUT2D eigenvalue weighted by atomic mass is 10.1. The highest BCUT2D eigenvalue weighted by Crippen LogP contribution is 2.48. The normalized spacial score (nSPS) is 10.9. The average molecular weight is 822 g/mol. The molecule has 5 aromatic rings. The Labute approximate surface area is 348 Å². The van der Waals surface area contributed by atoms with Crippen molar-refractivity contribution in [2.45, 2.75) is 71.3 Å². The molecule has 0 amide bonds. The summed E-state index contributed by atoms with van der Waals surface area (Å²) in [5, 5.41) is 25.2. The first kappa shape index (κ1) is 44.3. The summed E-state index contributed by atoms with van der Waals surface area (Å²) in [6, 6.07) is 20.9. The van der Waals surface area contributed by atoms with Crippen LogP contribution in [-0.2, 0) is 25.6 Å². The maximum atomic E-state index is 13.5. The lowest BCUT2D eigenvalue weighted by Crippen LogP contribution is -2.12. The first-order chi connectivity index (χ1) is 29.1. The van der Waals surface area contributed by atoms with E-state index in [-0.39, 0.29) is 17.7 Å². The molecule has 4 aromatic carbocycles. The van der Waals surface area contributed by atoms with Crippen LogP contribution in [0.3, 0.4) is 0 Å². The highest BCUT2D eigenvalue weighted by molar-refractivity contribution is 5.99. The third kappa shape index (κ3) is 12.4. The van der Waals surface area contributed by atoms with Crippen molar-refractivity contribution in [2.24, 2.45) is 0 Å². The molecule has 5 rings (SSSR count). The minimum absolute atomic E-state index is 0.154. The Balaban J connectivity index is 1.18. The second-order valence-corrected chi connectivity index (χ2v) is 14.0. The molecule has 0 radical (unpaired) electrons. The largest absolute Gasteiger partial charge is 0.494 e. The number of fused-ring (bicyclic) bond motifs is 2. The molecule has 0 atom stereocenters. The zero-order valence-corrected chi connectivity index (χ0v) is 33.8. The number of benzene rings is 4. The molecule has 0 aliphatic heterocycles. The van der Waals surface area contributed by atoms with E-state index in [1.807, 2.05) is 31.2 Å². The summed E-state index contributed by atoms with van der Waals surface area (Å²) in [4.78, 5) is 49.2. The molecule has 0 saturated carbocycles. The van der Waals surface area contributed by atoms with Gasteiger partial charge >= 0.3 is 23.9 Å².